The Hall–Kier alpha value is -1.68. The second-order valence-corrected chi connectivity index (χ2v) is 5.48. The number of hydrogen-bond donors (Lipinski definition) is 1. The predicted molar refractivity (Wildman–Crippen MR) is 77.5 cm³/mol. The van der Waals surface area contributed by atoms with Crippen LogP contribution in [0.3, 0.4) is 0 Å². The molecule has 20 heavy (non-hydrogen) atoms. The van der Waals surface area contributed by atoms with Crippen LogP contribution in [0.15, 0.2) is 34.9 Å². The molecule has 1 aliphatic rings. The third kappa shape index (κ3) is 2.90. The number of hydrogen-bond acceptors (Lipinski definition) is 4. The van der Waals surface area contributed by atoms with Gasteiger partial charge < -0.3 is 9.84 Å². The molecule has 4 nitrogen and oxygen atoms in total. The van der Waals surface area contributed by atoms with Gasteiger partial charge in [0.1, 0.15) is 0 Å². The van der Waals surface area contributed by atoms with Crippen molar-refractivity contribution in [3.8, 4) is 0 Å². The summed E-state index contributed by atoms with van der Waals surface area (Å²) in [4.78, 5) is 4.61. The van der Waals surface area contributed by atoms with E-state index in [9.17, 15) is 0 Å². The molecule has 0 saturated carbocycles. The van der Waals surface area contributed by atoms with Crippen LogP contribution in [0.5, 0.6) is 0 Å². The normalized spacial score (nSPS) is 21.4. The van der Waals surface area contributed by atoms with Gasteiger partial charge in [-0.15, -0.1) is 0 Å². The Bertz CT molecular complexity index is 530. The van der Waals surface area contributed by atoms with E-state index in [-0.39, 0.29) is 12.0 Å². The van der Waals surface area contributed by atoms with Crippen LogP contribution in [-0.4, -0.2) is 16.7 Å². The van der Waals surface area contributed by atoms with Crippen LogP contribution in [0.25, 0.3) is 0 Å². The molecule has 1 fully saturated rings. The van der Waals surface area contributed by atoms with Gasteiger partial charge in [-0.3, -0.25) is 0 Å². The predicted octanol–water partition coefficient (Wildman–Crippen LogP) is 3.43. The topological polar surface area (TPSA) is 51.0 Å². The van der Waals surface area contributed by atoms with Crippen molar-refractivity contribution in [2.75, 3.05) is 6.54 Å². The molecular formula is C16H21N3O. The summed E-state index contributed by atoms with van der Waals surface area (Å²) in [7, 11) is 0. The highest BCUT2D eigenvalue weighted by atomic mass is 16.5. The Morgan fingerprint density at radius 3 is 2.90 bits per heavy atom. The van der Waals surface area contributed by atoms with E-state index in [4.69, 9.17) is 4.52 Å². The Kier molecular flexibility index (Phi) is 4.11. The summed E-state index contributed by atoms with van der Waals surface area (Å²) in [5, 5.41) is 7.68. The molecule has 2 aromatic rings. The lowest BCUT2D eigenvalue weighted by molar-refractivity contribution is 0.357. The minimum atomic E-state index is 0.142. The van der Waals surface area contributed by atoms with Gasteiger partial charge in [-0.1, -0.05) is 48.3 Å². The zero-order chi connectivity index (χ0) is 13.8. The Labute approximate surface area is 119 Å². The first-order chi connectivity index (χ1) is 9.84. The van der Waals surface area contributed by atoms with Crippen LogP contribution in [-0.2, 0) is 0 Å². The molecule has 3 rings (SSSR count). The number of nitrogens with zero attached hydrogens (tertiary/aromatic N) is 2. The third-order valence-electron chi connectivity index (χ3n) is 4.00. The van der Waals surface area contributed by atoms with Gasteiger partial charge in [-0.2, -0.15) is 4.98 Å². The van der Waals surface area contributed by atoms with Crippen molar-refractivity contribution in [2.45, 2.75) is 44.6 Å². The van der Waals surface area contributed by atoms with Gasteiger partial charge >= 0.3 is 0 Å². The van der Waals surface area contributed by atoms with Crippen molar-refractivity contribution in [1.82, 2.24) is 15.5 Å². The van der Waals surface area contributed by atoms with Gasteiger partial charge in [0.15, 0.2) is 5.82 Å². The van der Waals surface area contributed by atoms with Crippen LogP contribution in [0.1, 0.15) is 61.8 Å². The van der Waals surface area contributed by atoms with Crippen molar-refractivity contribution in [1.29, 1.82) is 0 Å². The van der Waals surface area contributed by atoms with E-state index in [2.05, 4.69) is 34.5 Å². The fourth-order valence-electron chi connectivity index (χ4n) is 2.70. The molecule has 2 atom stereocenters. The molecule has 0 aliphatic carbocycles. The lowest BCUT2D eigenvalue weighted by Gasteiger charge is -2.10. The van der Waals surface area contributed by atoms with Crippen LogP contribution < -0.4 is 5.32 Å². The molecule has 0 spiro atoms. The zero-order valence-corrected chi connectivity index (χ0v) is 11.9. The van der Waals surface area contributed by atoms with Gasteiger partial charge in [0.2, 0.25) is 5.89 Å². The number of nitrogens with one attached hydrogen (secondary N) is 1. The van der Waals surface area contributed by atoms with E-state index in [0.29, 0.717) is 5.89 Å². The highest BCUT2D eigenvalue weighted by Crippen LogP contribution is 2.25. The minimum absolute atomic E-state index is 0.142. The summed E-state index contributed by atoms with van der Waals surface area (Å²) < 4.78 is 5.47. The maximum Gasteiger partial charge on any atom is 0.233 e. The fourth-order valence-corrected chi connectivity index (χ4v) is 2.70. The Morgan fingerprint density at radius 1 is 1.20 bits per heavy atom. The molecule has 0 bridgehead atoms. The number of rotatable bonds is 3. The second-order valence-electron chi connectivity index (χ2n) is 5.48. The average Bonchev–Trinajstić information content (AvgIpc) is 2.83. The second kappa shape index (κ2) is 6.18. The molecule has 1 aromatic carbocycles. The molecule has 2 unspecified atom stereocenters. The standard InChI is InChI=1S/C16H21N3O/c1-12(13-8-4-2-5-9-13)16-18-15(19-20-16)14-10-6-3-7-11-17-14/h2,4-5,8-9,12,14,17H,3,6-7,10-11H2,1H3. The van der Waals surface area contributed by atoms with E-state index < -0.39 is 0 Å². The highest BCUT2D eigenvalue weighted by molar-refractivity contribution is 5.23. The van der Waals surface area contributed by atoms with Crippen LogP contribution in [0.4, 0.5) is 0 Å². The van der Waals surface area contributed by atoms with Crippen molar-refractivity contribution < 1.29 is 4.52 Å². The summed E-state index contributed by atoms with van der Waals surface area (Å²) >= 11 is 0. The third-order valence-corrected chi connectivity index (χ3v) is 4.00. The van der Waals surface area contributed by atoms with Crippen LogP contribution >= 0.6 is 0 Å². The van der Waals surface area contributed by atoms with Crippen LogP contribution in [0, 0.1) is 0 Å². The van der Waals surface area contributed by atoms with E-state index in [0.717, 1.165) is 18.8 Å². The highest BCUT2D eigenvalue weighted by Gasteiger charge is 2.22. The van der Waals surface area contributed by atoms with E-state index >= 15 is 0 Å². The lowest BCUT2D eigenvalue weighted by atomic mass is 10.0. The first-order valence-corrected chi connectivity index (χ1v) is 7.46. The summed E-state index contributed by atoms with van der Waals surface area (Å²) in [5.41, 5.74) is 1.21. The van der Waals surface area contributed by atoms with E-state index in [1.807, 2.05) is 18.2 Å². The maximum atomic E-state index is 5.47. The summed E-state index contributed by atoms with van der Waals surface area (Å²) in [6.07, 6.45) is 4.85. The van der Waals surface area contributed by atoms with Crippen molar-refractivity contribution in [3.63, 3.8) is 0 Å². The Morgan fingerprint density at radius 2 is 2.05 bits per heavy atom. The Balaban J connectivity index is 1.76. The van der Waals surface area contributed by atoms with Gasteiger partial charge in [0.25, 0.3) is 0 Å². The molecule has 0 amide bonds. The largest absolute Gasteiger partial charge is 0.339 e. The zero-order valence-electron chi connectivity index (χ0n) is 11.9. The van der Waals surface area contributed by atoms with Crippen molar-refractivity contribution in [2.24, 2.45) is 0 Å². The van der Waals surface area contributed by atoms with Gasteiger partial charge in [0, 0.05) is 0 Å². The molecule has 0 radical (unpaired) electrons. The van der Waals surface area contributed by atoms with Crippen LogP contribution in [0.2, 0.25) is 0 Å². The molecule has 106 valence electrons. The first-order valence-electron chi connectivity index (χ1n) is 7.46. The quantitative estimate of drug-likeness (QED) is 0.929. The molecule has 1 N–H and O–H groups in total. The molecule has 1 aliphatic heterocycles. The van der Waals surface area contributed by atoms with E-state index in [1.165, 1.54) is 24.8 Å². The summed E-state index contributed by atoms with van der Waals surface area (Å²) in [6, 6.07) is 10.5. The monoisotopic (exact) mass is 271 g/mol. The molecule has 1 aromatic heterocycles. The minimum Gasteiger partial charge on any atom is -0.339 e. The SMILES string of the molecule is CC(c1ccccc1)c1nc(C2CCCCCN2)no1. The average molecular weight is 271 g/mol. The molecule has 1 saturated heterocycles. The van der Waals surface area contributed by atoms with Gasteiger partial charge in [0.05, 0.1) is 12.0 Å². The summed E-state index contributed by atoms with van der Waals surface area (Å²) in [5.74, 6) is 1.66. The molecular weight excluding hydrogens is 250 g/mol. The van der Waals surface area contributed by atoms with Gasteiger partial charge in [-0.05, 0) is 31.9 Å². The number of benzene rings is 1. The smallest absolute Gasteiger partial charge is 0.233 e. The fraction of sp³-hybridized carbons (Fsp3) is 0.500. The van der Waals surface area contributed by atoms with E-state index in [1.54, 1.807) is 0 Å². The van der Waals surface area contributed by atoms with Crippen molar-refractivity contribution in [3.05, 3.63) is 47.6 Å². The molecule has 4 heteroatoms. The number of aromatic nitrogens is 2. The summed E-state index contributed by atoms with van der Waals surface area (Å²) in [6.45, 7) is 3.15. The maximum absolute atomic E-state index is 5.47. The molecule has 2 heterocycles. The lowest BCUT2D eigenvalue weighted by Crippen LogP contribution is -2.21. The first kappa shape index (κ1) is 13.3. The van der Waals surface area contributed by atoms with Crippen molar-refractivity contribution >= 4 is 0 Å². The van der Waals surface area contributed by atoms with Gasteiger partial charge in [-0.25, -0.2) is 0 Å².